The number of benzene rings is 1. The number of hydrogen-bond donors (Lipinski definition) is 2. The summed E-state index contributed by atoms with van der Waals surface area (Å²) in [4.78, 5) is 40.1. The predicted molar refractivity (Wildman–Crippen MR) is 112 cm³/mol. The summed E-state index contributed by atoms with van der Waals surface area (Å²) in [6.45, 7) is 3.84. The van der Waals surface area contributed by atoms with Gasteiger partial charge in [-0.2, -0.15) is 0 Å². The molecule has 1 saturated heterocycles. The molecule has 3 heterocycles. The number of aromatic nitrogens is 1. The van der Waals surface area contributed by atoms with Gasteiger partial charge in [-0.05, 0) is 39.2 Å². The van der Waals surface area contributed by atoms with Crippen molar-refractivity contribution in [1.29, 1.82) is 0 Å². The van der Waals surface area contributed by atoms with E-state index in [1.54, 1.807) is 4.90 Å². The van der Waals surface area contributed by atoms with E-state index >= 15 is 0 Å². The molecule has 1 aromatic carbocycles. The van der Waals surface area contributed by atoms with Gasteiger partial charge in [0.2, 0.25) is 5.43 Å². The van der Waals surface area contributed by atoms with Crippen LogP contribution in [0.5, 0.6) is 5.75 Å². The minimum absolute atomic E-state index is 0.0596. The molecular weight excluding hydrogens is 422 g/mol. The molecule has 0 radical (unpaired) electrons. The van der Waals surface area contributed by atoms with Crippen molar-refractivity contribution < 1.29 is 23.5 Å². The monoisotopic (exact) mass is 446 g/mol. The van der Waals surface area contributed by atoms with Gasteiger partial charge in [0, 0.05) is 37.0 Å². The Morgan fingerprint density at radius 1 is 1.25 bits per heavy atom. The molecule has 2 aliphatic rings. The lowest BCUT2D eigenvalue weighted by molar-refractivity contribution is 0.0534. The van der Waals surface area contributed by atoms with Gasteiger partial charge in [0.1, 0.15) is 23.4 Å². The number of nitrogens with zero attached hydrogens (tertiary/aromatic N) is 3. The number of rotatable bonds is 4. The number of nitrogens with one attached hydrogen (secondary N) is 1. The van der Waals surface area contributed by atoms with Crippen LogP contribution in [0.2, 0.25) is 0 Å². The van der Waals surface area contributed by atoms with Crippen molar-refractivity contribution >= 4 is 11.8 Å². The molecule has 4 rings (SSSR count). The first-order valence-corrected chi connectivity index (χ1v) is 10.5. The molecule has 2 N–H and O–H groups in total. The maximum atomic E-state index is 14.2. The van der Waals surface area contributed by atoms with Gasteiger partial charge in [0.15, 0.2) is 11.4 Å². The Morgan fingerprint density at radius 3 is 2.72 bits per heavy atom. The van der Waals surface area contributed by atoms with Crippen molar-refractivity contribution in [2.24, 2.45) is 0 Å². The molecule has 1 aromatic heterocycles. The van der Waals surface area contributed by atoms with Crippen molar-refractivity contribution in [2.75, 3.05) is 18.1 Å². The van der Waals surface area contributed by atoms with Crippen LogP contribution in [0.25, 0.3) is 0 Å². The predicted octanol–water partition coefficient (Wildman–Crippen LogP) is 1.99. The van der Waals surface area contributed by atoms with Crippen LogP contribution in [0.4, 0.5) is 8.78 Å². The summed E-state index contributed by atoms with van der Waals surface area (Å²) in [5.41, 5.74) is -1.63. The molecule has 1 atom stereocenters. The summed E-state index contributed by atoms with van der Waals surface area (Å²) in [7, 11) is 0. The fraction of sp³-hybridized carbons (Fsp3) is 0.409. The molecule has 10 heteroatoms. The molecule has 0 bridgehead atoms. The topological polar surface area (TPSA) is 94.9 Å². The third-order valence-corrected chi connectivity index (χ3v) is 6.13. The van der Waals surface area contributed by atoms with Crippen molar-refractivity contribution in [3.8, 4) is 5.75 Å². The third-order valence-electron chi connectivity index (χ3n) is 6.13. The van der Waals surface area contributed by atoms with E-state index < -0.39 is 34.6 Å². The van der Waals surface area contributed by atoms with E-state index in [1.165, 1.54) is 23.9 Å². The largest absolute Gasteiger partial charge is 0.502 e. The average molecular weight is 446 g/mol. The normalized spacial score (nSPS) is 17.8. The Bertz CT molecular complexity index is 1160. The van der Waals surface area contributed by atoms with E-state index in [2.05, 4.69) is 5.32 Å². The Kier molecular flexibility index (Phi) is 5.62. The van der Waals surface area contributed by atoms with E-state index in [1.807, 2.05) is 11.9 Å². The number of piperidine rings is 1. The molecule has 1 fully saturated rings. The number of amides is 2. The summed E-state index contributed by atoms with van der Waals surface area (Å²) < 4.78 is 29.1. The quantitative estimate of drug-likeness (QED) is 0.749. The van der Waals surface area contributed by atoms with Crippen LogP contribution in [0, 0.1) is 18.6 Å². The van der Waals surface area contributed by atoms with Gasteiger partial charge in [-0.15, -0.1) is 0 Å². The van der Waals surface area contributed by atoms with Crippen LogP contribution in [-0.2, 0) is 6.54 Å². The fourth-order valence-electron chi connectivity index (χ4n) is 4.37. The standard InChI is InChI=1S/C22H24F2N4O4/c1-3-26-16-6-4-5-9-27(16)28-11-14(19(29)20(30)18(28)22(26)32)21(31)25-10-13-7-8-15(23)12(2)17(13)24/h7-8,11,16,30H,3-6,9-10H2,1-2H3,(H,25,31)/t16-/m0/s1. The highest BCUT2D eigenvalue weighted by Crippen LogP contribution is 2.29. The SMILES string of the molecule is CCN1C(=O)c2c(O)c(=O)c(C(=O)NCc3ccc(F)c(C)c3F)cn2N2CCCC[C@@H]12. The van der Waals surface area contributed by atoms with E-state index in [0.717, 1.165) is 25.3 Å². The fourth-order valence-corrected chi connectivity index (χ4v) is 4.37. The van der Waals surface area contributed by atoms with Gasteiger partial charge in [0.25, 0.3) is 11.8 Å². The lowest BCUT2D eigenvalue weighted by Gasteiger charge is -2.48. The van der Waals surface area contributed by atoms with Crippen LogP contribution in [0.3, 0.4) is 0 Å². The third kappa shape index (κ3) is 3.39. The molecule has 2 aliphatic heterocycles. The van der Waals surface area contributed by atoms with Crippen molar-refractivity contribution in [2.45, 2.75) is 45.8 Å². The minimum atomic E-state index is -0.982. The van der Waals surface area contributed by atoms with Crippen LogP contribution < -0.4 is 15.8 Å². The highest BCUT2D eigenvalue weighted by molar-refractivity contribution is 5.99. The lowest BCUT2D eigenvalue weighted by atomic mass is 10.1. The number of carbonyl (C=O) groups is 2. The first-order valence-electron chi connectivity index (χ1n) is 10.5. The maximum Gasteiger partial charge on any atom is 0.278 e. The second kappa shape index (κ2) is 8.25. The van der Waals surface area contributed by atoms with Crippen molar-refractivity contribution in [3.05, 3.63) is 62.6 Å². The number of carbonyl (C=O) groups excluding carboxylic acids is 2. The number of pyridine rings is 1. The van der Waals surface area contributed by atoms with Gasteiger partial charge < -0.3 is 15.3 Å². The highest BCUT2D eigenvalue weighted by atomic mass is 19.1. The van der Waals surface area contributed by atoms with Gasteiger partial charge in [-0.1, -0.05) is 6.07 Å². The van der Waals surface area contributed by atoms with E-state index in [-0.39, 0.29) is 35.1 Å². The Hall–Kier alpha value is -3.43. The van der Waals surface area contributed by atoms with Crippen molar-refractivity contribution in [1.82, 2.24) is 14.9 Å². The molecular formula is C22H24F2N4O4. The molecule has 8 nitrogen and oxygen atoms in total. The first-order chi connectivity index (χ1) is 15.3. The smallest absolute Gasteiger partial charge is 0.278 e. The second-order valence-electron chi connectivity index (χ2n) is 7.97. The zero-order chi connectivity index (χ0) is 23.2. The van der Waals surface area contributed by atoms with Crippen LogP contribution in [-0.4, -0.2) is 45.8 Å². The molecule has 32 heavy (non-hydrogen) atoms. The molecule has 0 unspecified atom stereocenters. The van der Waals surface area contributed by atoms with Crippen molar-refractivity contribution in [3.63, 3.8) is 0 Å². The summed E-state index contributed by atoms with van der Waals surface area (Å²) in [5.74, 6) is -3.58. The van der Waals surface area contributed by atoms with Gasteiger partial charge in [-0.3, -0.25) is 24.1 Å². The second-order valence-corrected chi connectivity index (χ2v) is 7.97. The summed E-state index contributed by atoms with van der Waals surface area (Å²) in [5, 5.41) is 14.9. The summed E-state index contributed by atoms with van der Waals surface area (Å²) in [6.07, 6.45) is 3.54. The Labute approximate surface area is 183 Å². The highest BCUT2D eigenvalue weighted by Gasteiger charge is 2.40. The van der Waals surface area contributed by atoms with Gasteiger partial charge in [0.05, 0.1) is 0 Å². The molecule has 170 valence electrons. The molecule has 0 aliphatic carbocycles. The van der Waals surface area contributed by atoms with E-state index in [4.69, 9.17) is 0 Å². The van der Waals surface area contributed by atoms with E-state index in [0.29, 0.717) is 13.1 Å². The Balaban J connectivity index is 1.69. The molecule has 0 spiro atoms. The lowest BCUT2D eigenvalue weighted by Crippen LogP contribution is -2.63. The number of halogens is 2. The zero-order valence-electron chi connectivity index (χ0n) is 17.8. The van der Waals surface area contributed by atoms with Crippen LogP contribution in [0.1, 0.15) is 58.2 Å². The number of aromatic hydroxyl groups is 1. The molecule has 0 saturated carbocycles. The Morgan fingerprint density at radius 2 is 2.00 bits per heavy atom. The zero-order valence-corrected chi connectivity index (χ0v) is 17.8. The number of hydrogen-bond acceptors (Lipinski definition) is 5. The van der Waals surface area contributed by atoms with Gasteiger partial charge >= 0.3 is 0 Å². The first kappa shape index (κ1) is 21.8. The molecule has 2 amide bonds. The van der Waals surface area contributed by atoms with Crippen LogP contribution >= 0.6 is 0 Å². The molecule has 2 aromatic rings. The summed E-state index contributed by atoms with van der Waals surface area (Å²) >= 11 is 0. The minimum Gasteiger partial charge on any atom is -0.502 e. The van der Waals surface area contributed by atoms with Gasteiger partial charge in [-0.25, -0.2) is 8.78 Å². The maximum absolute atomic E-state index is 14.2. The number of fused-ring (bicyclic) bond motifs is 3. The summed E-state index contributed by atoms with van der Waals surface area (Å²) in [6, 6.07) is 2.31. The van der Waals surface area contributed by atoms with Crippen LogP contribution in [0.15, 0.2) is 23.1 Å². The average Bonchev–Trinajstić information content (AvgIpc) is 2.79. The van der Waals surface area contributed by atoms with E-state index in [9.17, 15) is 28.3 Å².